The van der Waals surface area contributed by atoms with Crippen molar-refractivity contribution in [1.82, 2.24) is 15.6 Å². The predicted octanol–water partition coefficient (Wildman–Crippen LogP) is 1.47. The normalized spacial score (nSPS) is 21.3. The lowest BCUT2D eigenvalue weighted by Gasteiger charge is -2.22. The number of nitrogens with zero attached hydrogens (tertiary/aromatic N) is 1. The number of carbonyl (C=O) groups is 4. The van der Waals surface area contributed by atoms with Gasteiger partial charge in [0, 0.05) is 0 Å². The summed E-state index contributed by atoms with van der Waals surface area (Å²) < 4.78 is 10.5. The van der Waals surface area contributed by atoms with Crippen molar-refractivity contribution < 1.29 is 28.7 Å². The monoisotopic (exact) mass is 419 g/mol. The fraction of sp³-hybridized carbons (Fsp3) is 0.571. The van der Waals surface area contributed by atoms with E-state index in [2.05, 4.69) is 15.6 Å². The van der Waals surface area contributed by atoms with Crippen LogP contribution >= 0.6 is 0 Å². The molecule has 30 heavy (non-hydrogen) atoms. The second-order valence-electron chi connectivity index (χ2n) is 8.20. The van der Waals surface area contributed by atoms with Crippen molar-refractivity contribution in [2.45, 2.75) is 52.6 Å². The van der Waals surface area contributed by atoms with Crippen molar-refractivity contribution in [2.75, 3.05) is 13.2 Å². The Kier molecular flexibility index (Phi) is 8.32. The van der Waals surface area contributed by atoms with Crippen LogP contribution < -0.4 is 10.6 Å². The maximum Gasteiger partial charge on any atom is 0.357 e. The Morgan fingerprint density at radius 2 is 1.23 bits per heavy atom. The average Bonchev–Trinajstić information content (AvgIpc) is 2.68. The first-order valence-electron chi connectivity index (χ1n) is 10.1. The van der Waals surface area contributed by atoms with E-state index >= 15 is 0 Å². The Hall–Kier alpha value is -2.97. The van der Waals surface area contributed by atoms with E-state index < -0.39 is 35.8 Å². The number of hydrogen-bond acceptors (Lipinski definition) is 7. The van der Waals surface area contributed by atoms with Crippen LogP contribution in [0.1, 0.15) is 61.5 Å². The number of fused-ring (bicyclic) bond motifs is 2. The second kappa shape index (κ2) is 10.7. The summed E-state index contributed by atoms with van der Waals surface area (Å²) in [6.07, 6.45) is 1.02. The molecule has 0 spiro atoms. The molecule has 2 atom stereocenters. The van der Waals surface area contributed by atoms with Crippen molar-refractivity contribution >= 4 is 23.8 Å². The molecular weight excluding hydrogens is 390 g/mol. The topological polar surface area (TPSA) is 124 Å². The lowest BCUT2D eigenvalue weighted by Crippen LogP contribution is -2.50. The van der Waals surface area contributed by atoms with Crippen LogP contribution in [0.15, 0.2) is 18.2 Å². The van der Waals surface area contributed by atoms with Crippen LogP contribution in [0.2, 0.25) is 0 Å². The van der Waals surface area contributed by atoms with Gasteiger partial charge in [-0.15, -0.1) is 0 Å². The lowest BCUT2D eigenvalue weighted by molar-refractivity contribution is -0.140. The quantitative estimate of drug-likeness (QED) is 0.559. The Labute approximate surface area is 175 Å². The van der Waals surface area contributed by atoms with E-state index in [9.17, 15) is 19.2 Å². The molecule has 0 saturated heterocycles. The fourth-order valence-corrected chi connectivity index (χ4v) is 3.14. The minimum absolute atomic E-state index is 0.0399. The summed E-state index contributed by atoms with van der Waals surface area (Å²) in [4.78, 5) is 53.5. The smallest absolute Gasteiger partial charge is 0.357 e. The number of carbonyl (C=O) groups excluding carboxylic acids is 4. The molecule has 0 aromatic carbocycles. The number of hydrogen-bond donors (Lipinski definition) is 2. The van der Waals surface area contributed by atoms with Gasteiger partial charge in [-0.05, 0) is 36.8 Å². The summed E-state index contributed by atoms with van der Waals surface area (Å²) in [6, 6.07) is 3.29. The highest BCUT2D eigenvalue weighted by Gasteiger charge is 2.26. The van der Waals surface area contributed by atoms with E-state index in [1.807, 2.05) is 27.7 Å². The third-order valence-corrected chi connectivity index (χ3v) is 4.39. The van der Waals surface area contributed by atoms with Gasteiger partial charge in [0.05, 0.1) is 12.1 Å². The van der Waals surface area contributed by atoms with Gasteiger partial charge in [-0.25, -0.2) is 14.6 Å². The second-order valence-corrected chi connectivity index (χ2v) is 8.20. The van der Waals surface area contributed by atoms with E-state index in [4.69, 9.17) is 9.47 Å². The maximum atomic E-state index is 12.4. The molecule has 1 aliphatic heterocycles. The summed E-state index contributed by atoms with van der Waals surface area (Å²) in [6.45, 7) is 7.57. The zero-order chi connectivity index (χ0) is 22.3. The van der Waals surface area contributed by atoms with E-state index in [-0.39, 0.29) is 36.4 Å². The first-order chi connectivity index (χ1) is 14.2. The molecule has 0 fully saturated rings. The molecule has 1 aromatic heterocycles. The van der Waals surface area contributed by atoms with Gasteiger partial charge in [0.1, 0.15) is 24.6 Å². The first kappa shape index (κ1) is 23.3. The van der Waals surface area contributed by atoms with Crippen LogP contribution in [0.3, 0.4) is 0 Å². The molecule has 0 radical (unpaired) electrons. The number of cyclic esters (lactones) is 2. The van der Waals surface area contributed by atoms with Gasteiger partial charge in [0.2, 0.25) is 0 Å². The van der Waals surface area contributed by atoms with E-state index in [0.29, 0.717) is 12.8 Å². The zero-order valence-electron chi connectivity index (χ0n) is 17.8. The number of rotatable bonds is 4. The van der Waals surface area contributed by atoms with Crippen molar-refractivity contribution in [1.29, 1.82) is 0 Å². The molecule has 9 nitrogen and oxygen atoms in total. The molecule has 2 N–H and O–H groups in total. The lowest BCUT2D eigenvalue weighted by atomic mass is 10.0. The minimum Gasteiger partial charge on any atom is -0.459 e. The van der Waals surface area contributed by atoms with Crippen LogP contribution in [0.25, 0.3) is 0 Å². The maximum absolute atomic E-state index is 12.4. The van der Waals surface area contributed by atoms with E-state index in [1.165, 1.54) is 18.2 Å². The van der Waals surface area contributed by atoms with Crippen molar-refractivity contribution in [3.8, 4) is 0 Å². The third kappa shape index (κ3) is 7.13. The number of esters is 2. The molecule has 2 rings (SSSR count). The van der Waals surface area contributed by atoms with Gasteiger partial charge in [0.25, 0.3) is 0 Å². The molecule has 1 aromatic rings. The summed E-state index contributed by atoms with van der Waals surface area (Å²) in [5.74, 6) is -2.73. The largest absolute Gasteiger partial charge is 0.459 e. The number of nitrogens with one attached hydrogen (secondary N) is 2. The fourth-order valence-electron chi connectivity index (χ4n) is 3.14. The van der Waals surface area contributed by atoms with Gasteiger partial charge in [-0.1, -0.05) is 33.8 Å². The van der Waals surface area contributed by atoms with Gasteiger partial charge >= 0.3 is 23.8 Å². The minimum atomic E-state index is -0.828. The highest BCUT2D eigenvalue weighted by Crippen LogP contribution is 2.10. The first-order valence-corrected chi connectivity index (χ1v) is 10.1. The number of amides is 2. The molecule has 2 bridgehead atoms. The van der Waals surface area contributed by atoms with Crippen LogP contribution in [0, 0.1) is 11.8 Å². The summed E-state index contributed by atoms with van der Waals surface area (Å²) in [7, 11) is 0. The molecular formula is C21H29N3O6. The standard InChI is InChI=1S/C21H29N3O6/c1-12(2)8-14-10-29-20(27)16-6-5-7-17(24-16)21(28)30-11-15(9-13(3)4)23-19(26)18(25)22-14/h5-7,12-15H,8-11H2,1-4H3,(H,22,25)(H,23,26)/t14-,15-/m0/s1. The molecule has 0 aliphatic carbocycles. The van der Waals surface area contributed by atoms with Gasteiger partial charge in [-0.2, -0.15) is 0 Å². The molecule has 0 saturated carbocycles. The predicted molar refractivity (Wildman–Crippen MR) is 108 cm³/mol. The summed E-state index contributed by atoms with van der Waals surface area (Å²) >= 11 is 0. The van der Waals surface area contributed by atoms with Crippen LogP contribution in [0.4, 0.5) is 0 Å². The highest BCUT2D eigenvalue weighted by atomic mass is 16.5. The van der Waals surface area contributed by atoms with Gasteiger partial charge in [0.15, 0.2) is 0 Å². The third-order valence-electron chi connectivity index (χ3n) is 4.39. The number of aromatic nitrogens is 1. The molecule has 1 aliphatic rings. The Bertz CT molecular complexity index is 731. The molecule has 0 unspecified atom stereocenters. The van der Waals surface area contributed by atoms with Crippen LogP contribution in [0.5, 0.6) is 0 Å². The highest BCUT2D eigenvalue weighted by molar-refractivity contribution is 6.35. The van der Waals surface area contributed by atoms with Crippen LogP contribution in [-0.2, 0) is 19.1 Å². The van der Waals surface area contributed by atoms with Gasteiger partial charge < -0.3 is 20.1 Å². The van der Waals surface area contributed by atoms with Crippen molar-refractivity contribution in [3.05, 3.63) is 29.6 Å². The van der Waals surface area contributed by atoms with Crippen LogP contribution in [-0.4, -0.2) is 54.0 Å². The number of ether oxygens (including phenoxy) is 2. The number of pyridine rings is 1. The van der Waals surface area contributed by atoms with Crippen molar-refractivity contribution in [2.24, 2.45) is 11.8 Å². The average molecular weight is 419 g/mol. The Morgan fingerprint density at radius 1 is 0.833 bits per heavy atom. The molecule has 2 amide bonds. The van der Waals surface area contributed by atoms with Crippen molar-refractivity contribution in [3.63, 3.8) is 0 Å². The Morgan fingerprint density at radius 3 is 1.60 bits per heavy atom. The van der Waals surface area contributed by atoms with E-state index in [0.717, 1.165) is 0 Å². The molecule has 164 valence electrons. The summed E-state index contributed by atoms with van der Waals surface area (Å²) in [5.41, 5.74) is -0.0799. The SMILES string of the molecule is CC(C)C[C@H]1COC(=O)c2cccc(n2)C(=O)OC[C@H](CC(C)C)NC(=O)C(=O)N1. The molecule has 2 heterocycles. The van der Waals surface area contributed by atoms with E-state index in [1.54, 1.807) is 0 Å². The molecule has 9 heteroatoms. The van der Waals surface area contributed by atoms with Gasteiger partial charge in [-0.3, -0.25) is 9.59 Å². The zero-order valence-corrected chi connectivity index (χ0v) is 17.8. The summed E-state index contributed by atoms with van der Waals surface area (Å²) in [5, 5.41) is 5.24. The Balaban J connectivity index is 2.30.